The van der Waals surface area contributed by atoms with Crippen LogP contribution in [0.5, 0.6) is 11.5 Å². The highest BCUT2D eigenvalue weighted by atomic mass is 16.5. The maximum atomic E-state index is 12.8. The van der Waals surface area contributed by atoms with E-state index in [1.807, 2.05) is 30.3 Å². The van der Waals surface area contributed by atoms with Crippen LogP contribution in [-0.2, 0) is 6.61 Å². The Kier molecular flexibility index (Phi) is 4.71. The standard InChI is InChI=1S/C26H20O5/c1-16-14-21(27)22-23(20-12-13-29-24(20)26(28-2)25(22)31-16)30-15-17-8-10-19(11-9-17)18-6-4-3-5-7-18/h3-14H,15H2,1-2H3. The van der Waals surface area contributed by atoms with Gasteiger partial charge in [-0.15, -0.1) is 0 Å². The Bertz CT molecular complexity index is 1430. The summed E-state index contributed by atoms with van der Waals surface area (Å²) in [5.41, 5.74) is 3.89. The SMILES string of the molecule is COc1c2occc2c(OCc2ccc(-c3ccccc3)cc2)c2c(=O)cc(C)oc12. The van der Waals surface area contributed by atoms with Crippen LogP contribution in [-0.4, -0.2) is 7.11 Å². The number of hydrogen-bond donors (Lipinski definition) is 0. The molecule has 3 aromatic carbocycles. The molecule has 0 saturated carbocycles. The number of benzene rings is 3. The van der Waals surface area contributed by atoms with Crippen LogP contribution in [0.4, 0.5) is 0 Å². The molecule has 0 aliphatic rings. The van der Waals surface area contributed by atoms with Crippen molar-refractivity contribution in [3.63, 3.8) is 0 Å². The zero-order chi connectivity index (χ0) is 21.4. The van der Waals surface area contributed by atoms with Crippen LogP contribution in [0.3, 0.4) is 0 Å². The molecule has 0 bridgehead atoms. The minimum atomic E-state index is -0.186. The van der Waals surface area contributed by atoms with Gasteiger partial charge in [-0.25, -0.2) is 0 Å². The van der Waals surface area contributed by atoms with Gasteiger partial charge in [-0.2, -0.15) is 0 Å². The Morgan fingerprint density at radius 2 is 1.61 bits per heavy atom. The Labute approximate surface area is 178 Å². The fourth-order valence-electron chi connectivity index (χ4n) is 3.80. The van der Waals surface area contributed by atoms with Gasteiger partial charge in [0.1, 0.15) is 23.5 Å². The molecule has 0 fully saturated rings. The maximum absolute atomic E-state index is 12.8. The van der Waals surface area contributed by atoms with Crippen LogP contribution in [0.25, 0.3) is 33.1 Å². The van der Waals surface area contributed by atoms with E-state index in [1.165, 1.54) is 13.2 Å². The van der Waals surface area contributed by atoms with Crippen LogP contribution in [0.2, 0.25) is 0 Å². The molecule has 0 N–H and O–H groups in total. The summed E-state index contributed by atoms with van der Waals surface area (Å²) in [6, 6.07) is 21.6. The van der Waals surface area contributed by atoms with E-state index < -0.39 is 0 Å². The Morgan fingerprint density at radius 1 is 0.871 bits per heavy atom. The van der Waals surface area contributed by atoms with Gasteiger partial charge in [0.15, 0.2) is 16.6 Å². The lowest BCUT2D eigenvalue weighted by Gasteiger charge is -2.13. The van der Waals surface area contributed by atoms with Crippen molar-refractivity contribution in [2.24, 2.45) is 0 Å². The van der Waals surface area contributed by atoms with Crippen molar-refractivity contribution < 1.29 is 18.3 Å². The van der Waals surface area contributed by atoms with Crippen molar-refractivity contribution in [1.82, 2.24) is 0 Å². The fraction of sp³-hybridized carbons (Fsp3) is 0.115. The van der Waals surface area contributed by atoms with Gasteiger partial charge in [0, 0.05) is 6.07 Å². The molecule has 154 valence electrons. The number of methoxy groups -OCH3 is 1. The summed E-state index contributed by atoms with van der Waals surface area (Å²) in [5, 5.41) is 1.01. The zero-order valence-corrected chi connectivity index (χ0v) is 17.2. The van der Waals surface area contributed by atoms with E-state index >= 15 is 0 Å². The zero-order valence-electron chi connectivity index (χ0n) is 17.2. The molecule has 0 spiro atoms. The average molecular weight is 412 g/mol. The van der Waals surface area contributed by atoms with Crippen molar-refractivity contribution >= 4 is 21.9 Å². The topological polar surface area (TPSA) is 61.8 Å². The first-order valence-electron chi connectivity index (χ1n) is 9.94. The highest BCUT2D eigenvalue weighted by molar-refractivity contribution is 6.06. The van der Waals surface area contributed by atoms with Gasteiger partial charge in [0.25, 0.3) is 0 Å². The summed E-state index contributed by atoms with van der Waals surface area (Å²) in [5.74, 6) is 1.31. The number of ether oxygens (including phenoxy) is 2. The number of rotatable bonds is 5. The molecular formula is C26H20O5. The largest absolute Gasteiger partial charge is 0.490 e. The van der Waals surface area contributed by atoms with E-state index in [4.69, 9.17) is 18.3 Å². The molecule has 2 heterocycles. The summed E-state index contributed by atoms with van der Waals surface area (Å²) < 4.78 is 23.1. The first-order chi connectivity index (χ1) is 15.2. The van der Waals surface area contributed by atoms with E-state index in [1.54, 1.807) is 19.3 Å². The smallest absolute Gasteiger partial charge is 0.206 e. The molecular weight excluding hydrogens is 392 g/mol. The van der Waals surface area contributed by atoms with Gasteiger partial charge in [0.2, 0.25) is 5.75 Å². The van der Waals surface area contributed by atoms with Gasteiger partial charge in [-0.05, 0) is 29.7 Å². The second-order valence-electron chi connectivity index (χ2n) is 7.30. The normalized spacial score (nSPS) is 11.2. The maximum Gasteiger partial charge on any atom is 0.206 e. The van der Waals surface area contributed by atoms with E-state index in [9.17, 15) is 4.79 Å². The van der Waals surface area contributed by atoms with Crippen molar-refractivity contribution in [2.45, 2.75) is 13.5 Å². The highest BCUT2D eigenvalue weighted by Gasteiger charge is 2.22. The van der Waals surface area contributed by atoms with E-state index in [0.29, 0.717) is 45.8 Å². The summed E-state index contributed by atoms with van der Waals surface area (Å²) in [6.07, 6.45) is 1.55. The third kappa shape index (κ3) is 3.34. The number of fused-ring (bicyclic) bond motifs is 2. The van der Waals surface area contributed by atoms with E-state index in [2.05, 4.69) is 24.3 Å². The molecule has 31 heavy (non-hydrogen) atoms. The summed E-state index contributed by atoms with van der Waals surface area (Å²) in [4.78, 5) is 12.8. The third-order valence-corrected chi connectivity index (χ3v) is 5.27. The molecule has 5 aromatic rings. The van der Waals surface area contributed by atoms with Crippen LogP contribution in [0, 0.1) is 6.92 Å². The predicted molar refractivity (Wildman–Crippen MR) is 120 cm³/mol. The predicted octanol–water partition coefficient (Wildman–Crippen LogP) is 6.10. The molecule has 0 unspecified atom stereocenters. The third-order valence-electron chi connectivity index (χ3n) is 5.27. The van der Waals surface area contributed by atoms with Gasteiger partial charge in [-0.1, -0.05) is 54.6 Å². The lowest BCUT2D eigenvalue weighted by Crippen LogP contribution is -2.06. The van der Waals surface area contributed by atoms with E-state index in [-0.39, 0.29) is 5.43 Å². The molecule has 5 nitrogen and oxygen atoms in total. The van der Waals surface area contributed by atoms with Crippen molar-refractivity contribution in [3.05, 3.63) is 94.5 Å². The van der Waals surface area contributed by atoms with Crippen molar-refractivity contribution in [3.8, 4) is 22.6 Å². The molecule has 0 amide bonds. The second kappa shape index (κ2) is 7.69. The molecule has 5 rings (SSSR count). The second-order valence-corrected chi connectivity index (χ2v) is 7.30. The lowest BCUT2D eigenvalue weighted by atomic mass is 10.0. The van der Waals surface area contributed by atoms with Crippen LogP contribution >= 0.6 is 0 Å². The molecule has 5 heteroatoms. The van der Waals surface area contributed by atoms with Crippen LogP contribution < -0.4 is 14.9 Å². The van der Waals surface area contributed by atoms with E-state index in [0.717, 1.165) is 16.7 Å². The molecule has 0 saturated heterocycles. The summed E-state index contributed by atoms with van der Waals surface area (Å²) in [7, 11) is 1.52. The van der Waals surface area contributed by atoms with Gasteiger partial charge in [0.05, 0.1) is 18.8 Å². The molecule has 2 aromatic heterocycles. The number of hydrogen-bond acceptors (Lipinski definition) is 5. The molecule has 0 aliphatic heterocycles. The molecule has 0 atom stereocenters. The van der Waals surface area contributed by atoms with Crippen LogP contribution in [0.1, 0.15) is 11.3 Å². The van der Waals surface area contributed by atoms with Crippen LogP contribution in [0.15, 0.2) is 86.6 Å². The molecule has 0 radical (unpaired) electrons. The monoisotopic (exact) mass is 412 g/mol. The highest BCUT2D eigenvalue weighted by Crippen LogP contribution is 2.42. The Hall–Kier alpha value is -3.99. The van der Waals surface area contributed by atoms with Crippen molar-refractivity contribution in [1.29, 1.82) is 0 Å². The minimum absolute atomic E-state index is 0.186. The summed E-state index contributed by atoms with van der Waals surface area (Å²) in [6.45, 7) is 2.02. The quantitative estimate of drug-likeness (QED) is 0.349. The first-order valence-corrected chi connectivity index (χ1v) is 9.94. The number of aryl methyl sites for hydroxylation is 1. The Morgan fingerprint density at radius 3 is 2.35 bits per heavy atom. The average Bonchev–Trinajstić information content (AvgIpc) is 3.27. The van der Waals surface area contributed by atoms with Gasteiger partial charge < -0.3 is 18.3 Å². The Balaban J connectivity index is 1.55. The fourth-order valence-corrected chi connectivity index (χ4v) is 3.80. The van der Waals surface area contributed by atoms with Gasteiger partial charge in [-0.3, -0.25) is 4.79 Å². The lowest BCUT2D eigenvalue weighted by molar-refractivity contribution is 0.312. The first kappa shape index (κ1) is 19.0. The minimum Gasteiger partial charge on any atom is -0.490 e. The molecule has 0 aliphatic carbocycles. The number of furan rings is 1. The summed E-state index contributed by atoms with van der Waals surface area (Å²) >= 11 is 0. The van der Waals surface area contributed by atoms with Gasteiger partial charge >= 0.3 is 0 Å². The van der Waals surface area contributed by atoms with Crippen molar-refractivity contribution in [2.75, 3.05) is 7.11 Å².